The van der Waals surface area contributed by atoms with Gasteiger partial charge in [0.05, 0.1) is 5.92 Å². The minimum Gasteiger partial charge on any atom is -0.461 e. The van der Waals surface area contributed by atoms with E-state index in [4.69, 9.17) is 14.2 Å². The van der Waals surface area contributed by atoms with Gasteiger partial charge in [0.2, 0.25) is 6.79 Å². The van der Waals surface area contributed by atoms with Gasteiger partial charge in [-0.1, -0.05) is 13.0 Å². The van der Waals surface area contributed by atoms with Crippen molar-refractivity contribution in [1.29, 1.82) is 0 Å². The van der Waals surface area contributed by atoms with Crippen LogP contribution in [0.5, 0.6) is 11.5 Å². The number of hydrogen-bond donors (Lipinski definition) is 0. The second-order valence-electron chi connectivity index (χ2n) is 4.61. The number of hydrogen-bond acceptors (Lipinski definition) is 4. The Morgan fingerprint density at radius 3 is 2.94 bits per heavy atom. The third-order valence-electron chi connectivity index (χ3n) is 3.23. The van der Waals surface area contributed by atoms with Crippen molar-refractivity contribution in [1.82, 2.24) is 0 Å². The average Bonchev–Trinajstić information content (AvgIpc) is 2.90. The summed E-state index contributed by atoms with van der Waals surface area (Å²) in [6, 6.07) is 5.58. The Bertz CT molecular complexity index is 455. The van der Waals surface area contributed by atoms with Gasteiger partial charge in [-0.25, -0.2) is 0 Å². The fraction of sp³-hybridized carbons (Fsp3) is 0.462. The van der Waals surface area contributed by atoms with Gasteiger partial charge in [-0.15, -0.1) is 0 Å². The van der Waals surface area contributed by atoms with Gasteiger partial charge in [-0.05, 0) is 30.0 Å². The van der Waals surface area contributed by atoms with E-state index in [1.807, 2.05) is 18.2 Å². The quantitative estimate of drug-likeness (QED) is 0.751. The van der Waals surface area contributed by atoms with E-state index in [-0.39, 0.29) is 18.7 Å². The van der Waals surface area contributed by atoms with Crippen LogP contribution in [-0.4, -0.2) is 12.8 Å². The first-order valence-corrected chi connectivity index (χ1v) is 5.79. The first kappa shape index (κ1) is 10.4. The molecule has 1 aliphatic carbocycles. The summed E-state index contributed by atoms with van der Waals surface area (Å²) in [5.41, 5.74) is 0.927. The zero-order valence-corrected chi connectivity index (χ0v) is 9.64. The zero-order valence-electron chi connectivity index (χ0n) is 9.64. The Morgan fingerprint density at radius 2 is 2.18 bits per heavy atom. The van der Waals surface area contributed by atoms with Gasteiger partial charge in [0, 0.05) is 0 Å². The van der Waals surface area contributed by atoms with Crippen molar-refractivity contribution in [3.8, 4) is 11.5 Å². The van der Waals surface area contributed by atoms with E-state index in [9.17, 15) is 4.79 Å². The smallest absolute Gasteiger partial charge is 0.309 e. The normalized spacial score (nSPS) is 24.5. The summed E-state index contributed by atoms with van der Waals surface area (Å²) >= 11 is 0. The lowest BCUT2D eigenvalue weighted by atomic mass is 10.2. The van der Waals surface area contributed by atoms with E-state index in [1.54, 1.807) is 0 Å². The zero-order chi connectivity index (χ0) is 11.8. The highest BCUT2D eigenvalue weighted by Gasteiger charge is 2.40. The van der Waals surface area contributed by atoms with Crippen molar-refractivity contribution in [3.63, 3.8) is 0 Å². The molecule has 2 atom stereocenters. The summed E-state index contributed by atoms with van der Waals surface area (Å²) < 4.78 is 15.7. The van der Waals surface area contributed by atoms with Gasteiger partial charge in [0.25, 0.3) is 0 Å². The second-order valence-corrected chi connectivity index (χ2v) is 4.61. The van der Waals surface area contributed by atoms with Crippen LogP contribution < -0.4 is 9.47 Å². The van der Waals surface area contributed by atoms with Crippen LogP contribution in [0, 0.1) is 11.8 Å². The lowest BCUT2D eigenvalue weighted by Crippen LogP contribution is -2.07. The predicted octanol–water partition coefficient (Wildman–Crippen LogP) is 2.11. The van der Waals surface area contributed by atoms with Crippen molar-refractivity contribution in [2.24, 2.45) is 11.8 Å². The fourth-order valence-electron chi connectivity index (χ4n) is 1.94. The summed E-state index contributed by atoms with van der Waals surface area (Å²) in [5.74, 6) is 1.98. The molecule has 0 amide bonds. The Hall–Kier alpha value is -1.71. The predicted molar refractivity (Wildman–Crippen MR) is 59.6 cm³/mol. The molecule has 2 unspecified atom stereocenters. The highest BCUT2D eigenvalue weighted by Crippen LogP contribution is 2.39. The molecule has 4 nitrogen and oxygen atoms in total. The van der Waals surface area contributed by atoms with Crippen LogP contribution in [0.3, 0.4) is 0 Å². The third-order valence-corrected chi connectivity index (χ3v) is 3.23. The van der Waals surface area contributed by atoms with Crippen molar-refractivity contribution in [3.05, 3.63) is 23.8 Å². The monoisotopic (exact) mass is 234 g/mol. The molecular formula is C13H14O4. The van der Waals surface area contributed by atoms with E-state index in [1.165, 1.54) is 0 Å². The Balaban J connectivity index is 1.60. The van der Waals surface area contributed by atoms with Crippen LogP contribution in [0.2, 0.25) is 0 Å². The number of rotatable bonds is 3. The van der Waals surface area contributed by atoms with Crippen LogP contribution in [0.4, 0.5) is 0 Å². The molecule has 1 aliphatic heterocycles. The number of benzene rings is 1. The molecule has 17 heavy (non-hydrogen) atoms. The fourth-order valence-corrected chi connectivity index (χ4v) is 1.94. The lowest BCUT2D eigenvalue weighted by Gasteiger charge is -2.05. The molecule has 0 spiro atoms. The van der Waals surface area contributed by atoms with Crippen molar-refractivity contribution >= 4 is 5.97 Å². The molecule has 0 saturated heterocycles. The molecule has 1 fully saturated rings. The molecule has 2 aliphatic rings. The third kappa shape index (κ3) is 2.07. The molecule has 1 heterocycles. The summed E-state index contributed by atoms with van der Waals surface area (Å²) in [4.78, 5) is 11.5. The molecular weight excluding hydrogens is 220 g/mol. The standard InChI is InChI=1S/C13H14O4/c1-8-4-10(8)13(14)15-6-9-2-3-11-12(5-9)17-7-16-11/h2-3,5,8,10H,4,6-7H2,1H3. The highest BCUT2D eigenvalue weighted by atomic mass is 16.7. The van der Waals surface area contributed by atoms with Crippen LogP contribution in [0.1, 0.15) is 18.9 Å². The maximum Gasteiger partial charge on any atom is 0.309 e. The van der Waals surface area contributed by atoms with Crippen molar-refractivity contribution in [2.75, 3.05) is 6.79 Å². The second kappa shape index (κ2) is 3.95. The molecule has 4 heteroatoms. The minimum absolute atomic E-state index is 0.0878. The molecule has 0 bridgehead atoms. The van der Waals surface area contributed by atoms with Crippen molar-refractivity contribution in [2.45, 2.75) is 20.0 Å². The Morgan fingerprint density at radius 1 is 1.41 bits per heavy atom. The number of carbonyl (C=O) groups excluding carboxylic acids is 1. The Kier molecular flexibility index (Phi) is 2.42. The molecule has 0 radical (unpaired) electrons. The summed E-state index contributed by atoms with van der Waals surface area (Å²) in [6.45, 7) is 2.63. The first-order valence-electron chi connectivity index (χ1n) is 5.79. The maximum atomic E-state index is 11.5. The van der Waals surface area contributed by atoms with E-state index in [2.05, 4.69) is 6.92 Å². The molecule has 1 saturated carbocycles. The van der Waals surface area contributed by atoms with E-state index in [0.717, 1.165) is 23.5 Å². The molecule has 0 N–H and O–H groups in total. The average molecular weight is 234 g/mol. The first-order chi connectivity index (χ1) is 8.24. The molecule has 0 aromatic heterocycles. The molecule has 1 aromatic carbocycles. The number of esters is 1. The van der Waals surface area contributed by atoms with Crippen molar-refractivity contribution < 1.29 is 19.0 Å². The lowest BCUT2D eigenvalue weighted by molar-refractivity contribution is -0.146. The van der Waals surface area contributed by atoms with Crippen LogP contribution >= 0.6 is 0 Å². The van der Waals surface area contributed by atoms with Crippen LogP contribution in [0.25, 0.3) is 0 Å². The van der Waals surface area contributed by atoms with Gasteiger partial charge in [-0.2, -0.15) is 0 Å². The minimum atomic E-state index is -0.0878. The van der Waals surface area contributed by atoms with E-state index < -0.39 is 0 Å². The summed E-state index contributed by atoms with van der Waals surface area (Å²) in [5, 5.41) is 0. The van der Waals surface area contributed by atoms with Gasteiger partial charge < -0.3 is 14.2 Å². The highest BCUT2D eigenvalue weighted by molar-refractivity contribution is 5.75. The molecule has 90 valence electrons. The van der Waals surface area contributed by atoms with E-state index >= 15 is 0 Å². The van der Waals surface area contributed by atoms with Gasteiger partial charge >= 0.3 is 5.97 Å². The molecule has 3 rings (SSSR count). The van der Waals surface area contributed by atoms with Gasteiger partial charge in [-0.3, -0.25) is 4.79 Å². The summed E-state index contributed by atoms with van der Waals surface area (Å²) in [6.07, 6.45) is 0.958. The number of ether oxygens (including phenoxy) is 3. The maximum absolute atomic E-state index is 11.5. The van der Waals surface area contributed by atoms with Gasteiger partial charge in [0.15, 0.2) is 11.5 Å². The Labute approximate surface area is 99.5 Å². The topological polar surface area (TPSA) is 44.8 Å². The van der Waals surface area contributed by atoms with E-state index in [0.29, 0.717) is 12.5 Å². The van der Waals surface area contributed by atoms with Crippen LogP contribution in [-0.2, 0) is 16.1 Å². The largest absolute Gasteiger partial charge is 0.461 e. The summed E-state index contributed by atoms with van der Waals surface area (Å²) in [7, 11) is 0. The number of carbonyl (C=O) groups is 1. The number of fused-ring (bicyclic) bond motifs is 1. The SMILES string of the molecule is CC1CC1C(=O)OCc1ccc2c(c1)OCO2. The van der Waals surface area contributed by atoms with Gasteiger partial charge in [0.1, 0.15) is 6.61 Å². The molecule has 1 aromatic rings. The van der Waals surface area contributed by atoms with Crippen LogP contribution in [0.15, 0.2) is 18.2 Å².